The van der Waals surface area contributed by atoms with E-state index in [1.54, 1.807) is 37.8 Å². The smallest absolute Gasteiger partial charge is 0.433 e. The van der Waals surface area contributed by atoms with Gasteiger partial charge in [0.1, 0.15) is 23.1 Å². The highest BCUT2D eigenvalue weighted by molar-refractivity contribution is 5.95. The molecule has 5 heterocycles. The van der Waals surface area contributed by atoms with Crippen LogP contribution in [-0.2, 0) is 6.18 Å². The van der Waals surface area contributed by atoms with Crippen LogP contribution in [0.1, 0.15) is 25.0 Å². The maximum Gasteiger partial charge on any atom is 0.433 e. The number of hydrogen-bond acceptors (Lipinski definition) is 8. The third-order valence-corrected chi connectivity index (χ3v) is 5.77. The maximum atomic E-state index is 12.8. The largest absolute Gasteiger partial charge is 0.494 e. The SMILES string of the molecule is COc1cncc2nc(-c3ccnc(Nc4ccc(C(F)(F)F)nc4)c3)nc(N3CCCCC3)c12. The van der Waals surface area contributed by atoms with Gasteiger partial charge < -0.3 is 15.0 Å². The molecule has 4 aromatic rings. The van der Waals surface area contributed by atoms with Crippen molar-refractivity contribution in [3.63, 3.8) is 0 Å². The molecule has 0 atom stereocenters. The Morgan fingerprint density at radius 3 is 2.51 bits per heavy atom. The molecule has 180 valence electrons. The molecule has 0 unspecified atom stereocenters. The topological polar surface area (TPSA) is 89.0 Å². The van der Waals surface area contributed by atoms with Crippen LogP contribution in [0.4, 0.5) is 30.5 Å². The lowest BCUT2D eigenvalue weighted by atomic mass is 10.1. The van der Waals surface area contributed by atoms with Gasteiger partial charge in [-0.3, -0.25) is 4.98 Å². The van der Waals surface area contributed by atoms with Crippen LogP contribution in [0.25, 0.3) is 22.3 Å². The molecule has 1 fully saturated rings. The Balaban J connectivity index is 1.51. The van der Waals surface area contributed by atoms with Crippen molar-refractivity contribution in [3.05, 3.63) is 54.7 Å². The molecule has 1 aliphatic heterocycles. The molecule has 4 aromatic heterocycles. The fourth-order valence-electron chi connectivity index (χ4n) is 4.08. The Labute approximate surface area is 199 Å². The minimum Gasteiger partial charge on any atom is -0.494 e. The van der Waals surface area contributed by atoms with Crippen LogP contribution < -0.4 is 15.0 Å². The third-order valence-electron chi connectivity index (χ3n) is 5.77. The second-order valence-electron chi connectivity index (χ2n) is 8.14. The molecule has 0 aromatic carbocycles. The van der Waals surface area contributed by atoms with E-state index in [0.29, 0.717) is 34.2 Å². The van der Waals surface area contributed by atoms with Crippen LogP contribution in [0.2, 0.25) is 0 Å². The number of aromatic nitrogens is 5. The predicted molar refractivity (Wildman–Crippen MR) is 126 cm³/mol. The van der Waals surface area contributed by atoms with E-state index in [9.17, 15) is 13.2 Å². The molecule has 0 saturated carbocycles. The van der Waals surface area contributed by atoms with Crippen LogP contribution >= 0.6 is 0 Å². The Bertz CT molecular complexity index is 1340. The maximum absolute atomic E-state index is 12.8. The zero-order valence-corrected chi connectivity index (χ0v) is 18.9. The minimum atomic E-state index is -4.49. The number of fused-ring (bicyclic) bond motifs is 1. The van der Waals surface area contributed by atoms with Gasteiger partial charge in [0.2, 0.25) is 0 Å². The number of ether oxygens (including phenoxy) is 1. The van der Waals surface area contributed by atoms with Crippen LogP contribution in [-0.4, -0.2) is 45.1 Å². The second-order valence-corrected chi connectivity index (χ2v) is 8.14. The van der Waals surface area contributed by atoms with Crippen LogP contribution in [0.3, 0.4) is 0 Å². The van der Waals surface area contributed by atoms with Gasteiger partial charge in [-0.15, -0.1) is 0 Å². The zero-order valence-electron chi connectivity index (χ0n) is 18.9. The van der Waals surface area contributed by atoms with Crippen LogP contribution in [0.5, 0.6) is 5.75 Å². The summed E-state index contributed by atoms with van der Waals surface area (Å²) in [4.78, 5) is 23.9. The summed E-state index contributed by atoms with van der Waals surface area (Å²) < 4.78 is 43.9. The summed E-state index contributed by atoms with van der Waals surface area (Å²) in [6.45, 7) is 1.78. The van der Waals surface area contributed by atoms with Gasteiger partial charge in [-0.1, -0.05) is 0 Å². The van der Waals surface area contributed by atoms with Crippen molar-refractivity contribution in [2.75, 3.05) is 30.4 Å². The molecular formula is C24H22F3N7O. The third kappa shape index (κ3) is 4.79. The molecule has 0 amide bonds. The zero-order chi connectivity index (χ0) is 24.4. The Morgan fingerprint density at radius 2 is 1.80 bits per heavy atom. The lowest BCUT2D eigenvalue weighted by Gasteiger charge is -2.29. The molecule has 35 heavy (non-hydrogen) atoms. The van der Waals surface area contributed by atoms with Crippen molar-refractivity contribution < 1.29 is 17.9 Å². The quantitative estimate of drug-likeness (QED) is 0.414. The molecule has 0 spiro atoms. The summed E-state index contributed by atoms with van der Waals surface area (Å²) in [5.74, 6) is 2.32. The van der Waals surface area contributed by atoms with Crippen molar-refractivity contribution in [2.24, 2.45) is 0 Å². The highest BCUT2D eigenvalue weighted by atomic mass is 19.4. The van der Waals surface area contributed by atoms with Gasteiger partial charge in [-0.25, -0.2) is 19.9 Å². The first-order valence-corrected chi connectivity index (χ1v) is 11.1. The van der Waals surface area contributed by atoms with Crippen molar-refractivity contribution >= 4 is 28.2 Å². The predicted octanol–water partition coefficient (Wildman–Crippen LogP) is 5.24. The summed E-state index contributed by atoms with van der Waals surface area (Å²) in [5.41, 5.74) is 0.784. The standard InChI is InChI=1S/C24H22F3N7O/c1-35-18-14-28-13-17-21(18)23(34-9-3-2-4-10-34)33-22(32-17)15-7-8-29-20(11-15)31-16-5-6-19(30-12-16)24(25,26)27/h5-8,11-14H,2-4,9-10H2,1H3,(H,29,31). The van der Waals surface area contributed by atoms with Gasteiger partial charge in [0.25, 0.3) is 0 Å². The van der Waals surface area contributed by atoms with E-state index in [4.69, 9.17) is 14.7 Å². The van der Waals surface area contributed by atoms with E-state index in [0.717, 1.165) is 49.4 Å². The van der Waals surface area contributed by atoms with Gasteiger partial charge in [0.05, 0.1) is 42.3 Å². The van der Waals surface area contributed by atoms with Crippen molar-refractivity contribution in [2.45, 2.75) is 25.4 Å². The number of hydrogen-bond donors (Lipinski definition) is 1. The number of piperidine rings is 1. The Hall–Kier alpha value is -4.02. The van der Waals surface area contributed by atoms with Crippen molar-refractivity contribution in [1.82, 2.24) is 24.9 Å². The van der Waals surface area contributed by atoms with E-state index in [2.05, 4.69) is 25.2 Å². The Kier molecular flexibility index (Phi) is 6.06. The number of anilines is 3. The highest BCUT2D eigenvalue weighted by Gasteiger charge is 2.32. The fraction of sp³-hybridized carbons (Fsp3) is 0.292. The number of halogens is 3. The van der Waals surface area contributed by atoms with E-state index in [-0.39, 0.29) is 0 Å². The molecule has 1 saturated heterocycles. The second kappa shape index (κ2) is 9.32. The molecule has 8 nitrogen and oxygen atoms in total. The first-order valence-electron chi connectivity index (χ1n) is 11.1. The van der Waals surface area contributed by atoms with E-state index in [1.165, 1.54) is 12.5 Å². The normalized spacial score (nSPS) is 14.2. The summed E-state index contributed by atoms with van der Waals surface area (Å²) >= 11 is 0. The van der Waals surface area contributed by atoms with Crippen molar-refractivity contribution in [3.8, 4) is 17.1 Å². The Morgan fingerprint density at radius 1 is 0.971 bits per heavy atom. The fourth-order valence-corrected chi connectivity index (χ4v) is 4.08. The lowest BCUT2D eigenvalue weighted by Crippen LogP contribution is -2.30. The van der Waals surface area contributed by atoms with Crippen LogP contribution in [0, 0.1) is 0 Å². The molecular weight excluding hydrogens is 459 g/mol. The molecule has 11 heteroatoms. The monoisotopic (exact) mass is 481 g/mol. The van der Waals surface area contributed by atoms with Gasteiger partial charge in [-0.2, -0.15) is 13.2 Å². The van der Waals surface area contributed by atoms with Gasteiger partial charge in [0, 0.05) is 24.8 Å². The molecule has 0 bridgehead atoms. The first-order chi connectivity index (χ1) is 16.9. The van der Waals surface area contributed by atoms with Gasteiger partial charge in [-0.05, 0) is 43.5 Å². The molecule has 0 aliphatic carbocycles. The molecule has 1 N–H and O–H groups in total. The molecule has 5 rings (SSSR count). The van der Waals surface area contributed by atoms with E-state index >= 15 is 0 Å². The van der Waals surface area contributed by atoms with E-state index < -0.39 is 11.9 Å². The summed E-state index contributed by atoms with van der Waals surface area (Å²) in [6.07, 6.45) is 4.91. The summed E-state index contributed by atoms with van der Waals surface area (Å²) in [7, 11) is 1.60. The summed E-state index contributed by atoms with van der Waals surface area (Å²) in [5, 5.41) is 3.80. The average Bonchev–Trinajstić information content (AvgIpc) is 2.88. The number of rotatable bonds is 5. The van der Waals surface area contributed by atoms with Crippen LogP contribution in [0.15, 0.2) is 49.1 Å². The van der Waals surface area contributed by atoms with E-state index in [1.807, 2.05) is 0 Å². The number of methoxy groups -OCH3 is 1. The van der Waals surface area contributed by atoms with Gasteiger partial charge >= 0.3 is 6.18 Å². The first kappa shape index (κ1) is 22.8. The lowest BCUT2D eigenvalue weighted by molar-refractivity contribution is -0.141. The molecule has 0 radical (unpaired) electrons. The van der Waals surface area contributed by atoms with Crippen molar-refractivity contribution in [1.29, 1.82) is 0 Å². The average molecular weight is 481 g/mol. The summed E-state index contributed by atoms with van der Waals surface area (Å²) in [6, 6.07) is 5.75. The minimum absolute atomic E-state index is 0.380. The van der Waals surface area contributed by atoms with Gasteiger partial charge in [0.15, 0.2) is 5.82 Å². The number of alkyl halides is 3. The molecule has 1 aliphatic rings. The number of nitrogens with zero attached hydrogens (tertiary/aromatic N) is 6. The number of nitrogens with one attached hydrogen (secondary N) is 1. The number of pyridine rings is 3. The highest BCUT2D eigenvalue weighted by Crippen LogP contribution is 2.35.